The van der Waals surface area contributed by atoms with Gasteiger partial charge < -0.3 is 14.6 Å². The molecule has 0 aliphatic carbocycles. The summed E-state index contributed by atoms with van der Waals surface area (Å²) in [6.07, 6.45) is 0. The SMILES string of the molecule is Cc1cc(C(=O)OCC(=O)NC[C@H](C)c2ccccc2)on1. The first-order valence-electron chi connectivity index (χ1n) is 6.98. The first-order valence-corrected chi connectivity index (χ1v) is 6.98. The van der Waals surface area contributed by atoms with Gasteiger partial charge in [0.25, 0.3) is 5.91 Å². The van der Waals surface area contributed by atoms with Crippen molar-refractivity contribution in [1.29, 1.82) is 0 Å². The van der Waals surface area contributed by atoms with Gasteiger partial charge in [-0.1, -0.05) is 42.4 Å². The molecule has 0 fully saturated rings. The van der Waals surface area contributed by atoms with E-state index in [9.17, 15) is 9.59 Å². The van der Waals surface area contributed by atoms with E-state index >= 15 is 0 Å². The molecule has 1 aromatic carbocycles. The van der Waals surface area contributed by atoms with Gasteiger partial charge in [0.2, 0.25) is 5.76 Å². The van der Waals surface area contributed by atoms with Crippen molar-refractivity contribution in [3.05, 3.63) is 53.4 Å². The molecule has 2 aromatic rings. The molecule has 6 heteroatoms. The zero-order valence-corrected chi connectivity index (χ0v) is 12.5. The van der Waals surface area contributed by atoms with E-state index in [1.165, 1.54) is 6.07 Å². The fraction of sp³-hybridized carbons (Fsp3) is 0.312. The number of hydrogen-bond donors (Lipinski definition) is 1. The number of ether oxygens (including phenoxy) is 1. The monoisotopic (exact) mass is 302 g/mol. The molecule has 0 unspecified atom stereocenters. The average molecular weight is 302 g/mol. The fourth-order valence-electron chi connectivity index (χ4n) is 1.88. The molecular weight excluding hydrogens is 284 g/mol. The van der Waals surface area contributed by atoms with Crippen molar-refractivity contribution < 1.29 is 18.8 Å². The van der Waals surface area contributed by atoms with Gasteiger partial charge >= 0.3 is 5.97 Å². The second-order valence-electron chi connectivity index (χ2n) is 5.02. The van der Waals surface area contributed by atoms with Crippen molar-refractivity contribution in [3.63, 3.8) is 0 Å². The Balaban J connectivity index is 1.73. The highest BCUT2D eigenvalue weighted by Gasteiger charge is 2.15. The number of aryl methyl sites for hydroxylation is 1. The average Bonchev–Trinajstić information content (AvgIpc) is 2.97. The molecular formula is C16H18N2O4. The number of amides is 1. The van der Waals surface area contributed by atoms with Crippen LogP contribution in [-0.2, 0) is 9.53 Å². The summed E-state index contributed by atoms with van der Waals surface area (Å²) in [4.78, 5) is 23.3. The first kappa shape index (κ1) is 15.8. The van der Waals surface area contributed by atoms with Crippen LogP contribution in [0.4, 0.5) is 0 Å². The largest absolute Gasteiger partial charge is 0.450 e. The lowest BCUT2D eigenvalue weighted by Crippen LogP contribution is -2.31. The molecule has 116 valence electrons. The van der Waals surface area contributed by atoms with Crippen LogP contribution >= 0.6 is 0 Å². The predicted octanol–water partition coefficient (Wildman–Crippen LogP) is 2.06. The molecule has 1 N–H and O–H groups in total. The van der Waals surface area contributed by atoms with Crippen molar-refractivity contribution in [3.8, 4) is 0 Å². The lowest BCUT2D eigenvalue weighted by Gasteiger charge is -2.12. The maximum absolute atomic E-state index is 11.7. The van der Waals surface area contributed by atoms with Crippen LogP contribution in [0.5, 0.6) is 0 Å². The number of nitrogens with zero attached hydrogens (tertiary/aromatic N) is 1. The molecule has 0 spiro atoms. The smallest absolute Gasteiger partial charge is 0.377 e. The van der Waals surface area contributed by atoms with Crippen molar-refractivity contribution in [2.45, 2.75) is 19.8 Å². The molecule has 0 saturated heterocycles. The number of aromatic nitrogens is 1. The second-order valence-corrected chi connectivity index (χ2v) is 5.02. The zero-order chi connectivity index (χ0) is 15.9. The number of carbonyl (C=O) groups excluding carboxylic acids is 2. The number of nitrogens with one attached hydrogen (secondary N) is 1. The Hall–Kier alpha value is -2.63. The summed E-state index contributed by atoms with van der Waals surface area (Å²) in [6.45, 7) is 3.83. The lowest BCUT2D eigenvalue weighted by atomic mass is 10.0. The normalized spacial score (nSPS) is 11.7. The van der Waals surface area contributed by atoms with Gasteiger partial charge in [-0.2, -0.15) is 0 Å². The third kappa shape index (κ3) is 4.44. The van der Waals surface area contributed by atoms with Crippen LogP contribution in [-0.4, -0.2) is 30.2 Å². The van der Waals surface area contributed by atoms with E-state index in [0.717, 1.165) is 5.56 Å². The first-order chi connectivity index (χ1) is 10.6. The van der Waals surface area contributed by atoms with Crippen LogP contribution in [0.1, 0.15) is 34.7 Å². The van der Waals surface area contributed by atoms with E-state index in [4.69, 9.17) is 9.26 Å². The minimum Gasteiger partial charge on any atom is -0.450 e. The Bertz CT molecular complexity index is 637. The lowest BCUT2D eigenvalue weighted by molar-refractivity contribution is -0.124. The molecule has 1 amide bonds. The molecule has 22 heavy (non-hydrogen) atoms. The second kappa shape index (κ2) is 7.40. The molecule has 6 nitrogen and oxygen atoms in total. The highest BCUT2D eigenvalue weighted by atomic mass is 16.6. The van der Waals surface area contributed by atoms with Crippen LogP contribution in [0.25, 0.3) is 0 Å². The summed E-state index contributed by atoms with van der Waals surface area (Å²) in [5.41, 5.74) is 1.71. The summed E-state index contributed by atoms with van der Waals surface area (Å²) in [7, 11) is 0. The Morgan fingerprint density at radius 2 is 2.05 bits per heavy atom. The summed E-state index contributed by atoms with van der Waals surface area (Å²) >= 11 is 0. The highest BCUT2D eigenvalue weighted by molar-refractivity contribution is 5.88. The van der Waals surface area contributed by atoms with E-state index in [-0.39, 0.29) is 24.2 Å². The van der Waals surface area contributed by atoms with Crippen molar-refractivity contribution >= 4 is 11.9 Å². The molecule has 2 rings (SSSR count). The van der Waals surface area contributed by atoms with Gasteiger partial charge in [-0.25, -0.2) is 4.79 Å². The van der Waals surface area contributed by atoms with Crippen LogP contribution in [0.2, 0.25) is 0 Å². The zero-order valence-electron chi connectivity index (χ0n) is 12.5. The van der Waals surface area contributed by atoms with E-state index in [0.29, 0.717) is 12.2 Å². The van der Waals surface area contributed by atoms with Crippen LogP contribution in [0.3, 0.4) is 0 Å². The molecule has 1 atom stereocenters. The van der Waals surface area contributed by atoms with Gasteiger partial charge in [0, 0.05) is 12.6 Å². The van der Waals surface area contributed by atoms with Gasteiger partial charge in [0.05, 0.1) is 5.69 Å². The molecule has 0 saturated carbocycles. The van der Waals surface area contributed by atoms with Gasteiger partial charge in [-0.3, -0.25) is 4.79 Å². The molecule has 1 heterocycles. The highest BCUT2D eigenvalue weighted by Crippen LogP contribution is 2.12. The standard InChI is InChI=1S/C16H18N2O4/c1-11(13-6-4-3-5-7-13)9-17-15(19)10-21-16(20)14-8-12(2)18-22-14/h3-8,11H,9-10H2,1-2H3,(H,17,19)/t11-/m0/s1. The van der Waals surface area contributed by atoms with E-state index in [1.54, 1.807) is 6.92 Å². The third-order valence-corrected chi connectivity index (χ3v) is 3.14. The van der Waals surface area contributed by atoms with E-state index in [2.05, 4.69) is 10.5 Å². The Morgan fingerprint density at radius 1 is 1.32 bits per heavy atom. The number of benzene rings is 1. The molecule has 0 aliphatic rings. The summed E-state index contributed by atoms with van der Waals surface area (Å²) in [5, 5.41) is 6.31. The number of esters is 1. The van der Waals surface area contributed by atoms with E-state index in [1.807, 2.05) is 37.3 Å². The molecule has 0 aliphatic heterocycles. The molecule has 1 aromatic heterocycles. The summed E-state index contributed by atoms with van der Waals surface area (Å²) in [5.74, 6) is -0.889. The van der Waals surface area contributed by atoms with Gasteiger partial charge in [-0.05, 0) is 18.4 Å². The van der Waals surface area contributed by atoms with Gasteiger partial charge in [0.1, 0.15) is 0 Å². The minimum atomic E-state index is -0.702. The Labute approximate surface area is 128 Å². The van der Waals surface area contributed by atoms with Gasteiger partial charge in [0.15, 0.2) is 6.61 Å². The summed E-state index contributed by atoms with van der Waals surface area (Å²) < 4.78 is 9.61. The van der Waals surface area contributed by atoms with Crippen LogP contribution in [0.15, 0.2) is 40.9 Å². The van der Waals surface area contributed by atoms with Crippen LogP contribution in [0, 0.1) is 6.92 Å². The maximum Gasteiger partial charge on any atom is 0.377 e. The van der Waals surface area contributed by atoms with Crippen molar-refractivity contribution in [1.82, 2.24) is 10.5 Å². The molecule has 0 bridgehead atoms. The Kier molecular flexibility index (Phi) is 5.30. The van der Waals surface area contributed by atoms with Gasteiger partial charge in [-0.15, -0.1) is 0 Å². The fourth-order valence-corrected chi connectivity index (χ4v) is 1.88. The number of hydrogen-bond acceptors (Lipinski definition) is 5. The van der Waals surface area contributed by atoms with Crippen molar-refractivity contribution in [2.24, 2.45) is 0 Å². The third-order valence-electron chi connectivity index (χ3n) is 3.14. The van der Waals surface area contributed by atoms with Crippen molar-refractivity contribution in [2.75, 3.05) is 13.2 Å². The Morgan fingerprint density at radius 3 is 2.68 bits per heavy atom. The summed E-state index contributed by atoms with van der Waals surface area (Å²) in [6, 6.07) is 11.3. The van der Waals surface area contributed by atoms with E-state index < -0.39 is 5.97 Å². The number of rotatable bonds is 6. The van der Waals surface area contributed by atoms with Crippen LogP contribution < -0.4 is 5.32 Å². The quantitative estimate of drug-likeness (QED) is 0.826. The number of carbonyl (C=O) groups is 2. The maximum atomic E-state index is 11.7. The minimum absolute atomic E-state index is 0.0112. The predicted molar refractivity (Wildman–Crippen MR) is 79.4 cm³/mol. The topological polar surface area (TPSA) is 81.4 Å². The molecule has 0 radical (unpaired) electrons.